The van der Waals surface area contributed by atoms with Crippen molar-refractivity contribution in [3.05, 3.63) is 0 Å². The number of hydrogen-bond donors (Lipinski definition) is 1. The summed E-state index contributed by atoms with van der Waals surface area (Å²) in [7, 11) is 0. The van der Waals surface area contributed by atoms with Gasteiger partial charge in [0, 0.05) is 6.42 Å². The molecule has 0 fully saturated rings. The second kappa shape index (κ2) is 6.63. The standard InChI is InChI=1S/C13H23NO/c1-5-6-12(15)8-7-11(9-10-14)13(2,3)4/h1,11H,6-10,14H2,2-4H3. The lowest BCUT2D eigenvalue weighted by Gasteiger charge is -2.30. The summed E-state index contributed by atoms with van der Waals surface area (Å²) in [4.78, 5) is 11.3. The Morgan fingerprint density at radius 3 is 2.40 bits per heavy atom. The Morgan fingerprint density at radius 1 is 1.40 bits per heavy atom. The summed E-state index contributed by atoms with van der Waals surface area (Å²) < 4.78 is 0. The topological polar surface area (TPSA) is 43.1 Å². The highest BCUT2D eigenvalue weighted by atomic mass is 16.1. The fraction of sp³-hybridized carbons (Fsp3) is 0.769. The van der Waals surface area contributed by atoms with Crippen LogP contribution in [-0.2, 0) is 4.79 Å². The molecule has 0 aromatic heterocycles. The molecule has 0 aromatic rings. The monoisotopic (exact) mass is 209 g/mol. The lowest BCUT2D eigenvalue weighted by molar-refractivity contribution is -0.118. The summed E-state index contributed by atoms with van der Waals surface area (Å²) in [5.41, 5.74) is 5.79. The molecule has 86 valence electrons. The van der Waals surface area contributed by atoms with Crippen LogP contribution in [0.3, 0.4) is 0 Å². The van der Waals surface area contributed by atoms with Crippen molar-refractivity contribution in [2.45, 2.75) is 46.5 Å². The molecular formula is C13H23NO. The first kappa shape index (κ1) is 14.2. The zero-order valence-electron chi connectivity index (χ0n) is 10.2. The molecule has 0 bridgehead atoms. The smallest absolute Gasteiger partial charge is 0.144 e. The molecule has 0 aromatic carbocycles. The molecule has 0 spiro atoms. The van der Waals surface area contributed by atoms with Gasteiger partial charge in [-0.2, -0.15) is 0 Å². The van der Waals surface area contributed by atoms with Crippen molar-refractivity contribution in [2.75, 3.05) is 6.54 Å². The SMILES string of the molecule is C#CCC(=O)CCC(CCN)C(C)(C)C. The molecule has 0 amide bonds. The van der Waals surface area contributed by atoms with Gasteiger partial charge in [-0.15, -0.1) is 6.42 Å². The van der Waals surface area contributed by atoms with Gasteiger partial charge in [-0.05, 0) is 30.7 Å². The van der Waals surface area contributed by atoms with Crippen molar-refractivity contribution in [3.8, 4) is 12.3 Å². The molecule has 0 heterocycles. The summed E-state index contributed by atoms with van der Waals surface area (Å²) in [5, 5.41) is 0. The third-order valence-electron chi connectivity index (χ3n) is 2.81. The number of hydrogen-bond acceptors (Lipinski definition) is 2. The molecule has 0 rings (SSSR count). The zero-order chi connectivity index (χ0) is 11.9. The zero-order valence-corrected chi connectivity index (χ0v) is 10.2. The Labute approximate surface area is 93.6 Å². The maximum Gasteiger partial charge on any atom is 0.144 e. The predicted molar refractivity (Wildman–Crippen MR) is 64.3 cm³/mol. The summed E-state index contributed by atoms with van der Waals surface area (Å²) in [6.45, 7) is 7.27. The van der Waals surface area contributed by atoms with Crippen molar-refractivity contribution >= 4 is 5.78 Å². The van der Waals surface area contributed by atoms with Gasteiger partial charge in [-0.3, -0.25) is 4.79 Å². The van der Waals surface area contributed by atoms with Crippen LogP contribution in [0.2, 0.25) is 0 Å². The van der Waals surface area contributed by atoms with Gasteiger partial charge in [0.1, 0.15) is 5.78 Å². The van der Waals surface area contributed by atoms with Gasteiger partial charge in [-0.1, -0.05) is 26.7 Å². The van der Waals surface area contributed by atoms with Gasteiger partial charge in [0.2, 0.25) is 0 Å². The van der Waals surface area contributed by atoms with E-state index in [2.05, 4.69) is 26.7 Å². The van der Waals surface area contributed by atoms with Gasteiger partial charge in [0.25, 0.3) is 0 Å². The number of carbonyl (C=O) groups excluding carboxylic acids is 1. The predicted octanol–water partition coefficient (Wildman–Crippen LogP) is 2.37. The second-order valence-corrected chi connectivity index (χ2v) is 5.10. The van der Waals surface area contributed by atoms with Gasteiger partial charge in [0.05, 0.1) is 6.42 Å². The van der Waals surface area contributed by atoms with Crippen molar-refractivity contribution in [2.24, 2.45) is 17.1 Å². The van der Waals surface area contributed by atoms with E-state index < -0.39 is 0 Å². The van der Waals surface area contributed by atoms with Crippen molar-refractivity contribution < 1.29 is 4.79 Å². The highest BCUT2D eigenvalue weighted by Crippen LogP contribution is 2.32. The van der Waals surface area contributed by atoms with Gasteiger partial charge < -0.3 is 5.73 Å². The molecule has 2 nitrogen and oxygen atoms in total. The quantitative estimate of drug-likeness (QED) is 0.682. The summed E-state index contributed by atoms with van der Waals surface area (Å²) in [6, 6.07) is 0. The largest absolute Gasteiger partial charge is 0.330 e. The highest BCUT2D eigenvalue weighted by molar-refractivity contribution is 5.80. The van der Waals surface area contributed by atoms with E-state index in [0.717, 1.165) is 12.8 Å². The third kappa shape index (κ3) is 6.30. The van der Waals surface area contributed by atoms with Crippen LogP contribution < -0.4 is 5.73 Å². The molecule has 0 saturated carbocycles. The number of nitrogens with two attached hydrogens (primary N) is 1. The minimum Gasteiger partial charge on any atom is -0.330 e. The molecule has 1 atom stereocenters. The van der Waals surface area contributed by atoms with Crippen LogP contribution in [0.4, 0.5) is 0 Å². The van der Waals surface area contributed by atoms with E-state index >= 15 is 0 Å². The normalized spacial score (nSPS) is 13.3. The van der Waals surface area contributed by atoms with Crippen LogP contribution in [0.1, 0.15) is 46.5 Å². The Bertz CT molecular complexity index is 232. The van der Waals surface area contributed by atoms with Crippen molar-refractivity contribution in [1.82, 2.24) is 0 Å². The van der Waals surface area contributed by atoms with Gasteiger partial charge >= 0.3 is 0 Å². The molecule has 2 heteroatoms. The van der Waals surface area contributed by atoms with Crippen LogP contribution in [0.25, 0.3) is 0 Å². The average molecular weight is 209 g/mol. The number of terminal acetylenes is 1. The Balaban J connectivity index is 4.09. The lowest BCUT2D eigenvalue weighted by Crippen LogP contribution is -2.24. The minimum absolute atomic E-state index is 0.170. The van der Waals surface area contributed by atoms with Crippen LogP contribution in [-0.4, -0.2) is 12.3 Å². The molecule has 0 radical (unpaired) electrons. The molecule has 1 unspecified atom stereocenters. The van der Waals surface area contributed by atoms with Crippen LogP contribution in [0, 0.1) is 23.7 Å². The van der Waals surface area contributed by atoms with E-state index in [1.54, 1.807) is 0 Å². The van der Waals surface area contributed by atoms with Gasteiger partial charge in [0.15, 0.2) is 0 Å². The maximum absolute atomic E-state index is 11.3. The average Bonchev–Trinajstić information content (AvgIpc) is 2.10. The highest BCUT2D eigenvalue weighted by Gasteiger charge is 2.23. The summed E-state index contributed by atoms with van der Waals surface area (Å²) >= 11 is 0. The third-order valence-corrected chi connectivity index (χ3v) is 2.81. The summed E-state index contributed by atoms with van der Waals surface area (Å²) in [5.74, 6) is 3.06. The van der Waals surface area contributed by atoms with Crippen LogP contribution in [0.15, 0.2) is 0 Å². The first-order chi connectivity index (χ1) is 6.91. The van der Waals surface area contributed by atoms with E-state index in [1.165, 1.54) is 0 Å². The van der Waals surface area contributed by atoms with Crippen LogP contribution in [0.5, 0.6) is 0 Å². The minimum atomic E-state index is 0.170. The number of ketones is 1. The second-order valence-electron chi connectivity index (χ2n) is 5.10. The lowest BCUT2D eigenvalue weighted by atomic mass is 9.76. The Hall–Kier alpha value is -0.810. The maximum atomic E-state index is 11.3. The Kier molecular flexibility index (Phi) is 6.27. The molecule has 2 N–H and O–H groups in total. The molecule has 0 aliphatic heterocycles. The van der Waals surface area contributed by atoms with E-state index in [4.69, 9.17) is 12.2 Å². The number of carbonyl (C=O) groups is 1. The fourth-order valence-electron chi connectivity index (χ4n) is 1.75. The van der Waals surface area contributed by atoms with Crippen LogP contribution >= 0.6 is 0 Å². The van der Waals surface area contributed by atoms with E-state index in [9.17, 15) is 4.79 Å². The first-order valence-corrected chi connectivity index (χ1v) is 5.57. The number of Topliss-reactive ketones (excluding diaryl/α,β-unsaturated/α-hetero) is 1. The van der Waals surface area contributed by atoms with E-state index in [-0.39, 0.29) is 17.6 Å². The number of rotatable bonds is 6. The molecule has 0 saturated heterocycles. The van der Waals surface area contributed by atoms with Crippen molar-refractivity contribution in [3.63, 3.8) is 0 Å². The summed E-state index contributed by atoms with van der Waals surface area (Å²) in [6.07, 6.45) is 7.83. The van der Waals surface area contributed by atoms with Crippen molar-refractivity contribution in [1.29, 1.82) is 0 Å². The fourth-order valence-corrected chi connectivity index (χ4v) is 1.75. The molecule has 0 aliphatic rings. The van der Waals surface area contributed by atoms with E-state index in [0.29, 0.717) is 18.9 Å². The van der Waals surface area contributed by atoms with Gasteiger partial charge in [-0.25, -0.2) is 0 Å². The molecule has 0 aliphatic carbocycles. The first-order valence-electron chi connectivity index (χ1n) is 5.57. The molecular weight excluding hydrogens is 186 g/mol. The molecule has 15 heavy (non-hydrogen) atoms. The Morgan fingerprint density at radius 2 is 2.00 bits per heavy atom. The van der Waals surface area contributed by atoms with E-state index in [1.807, 2.05) is 0 Å².